The number of benzene rings is 3. The van der Waals surface area contributed by atoms with Crippen molar-refractivity contribution in [2.45, 2.75) is 26.9 Å². The zero-order chi connectivity index (χ0) is 22.2. The Morgan fingerprint density at radius 1 is 0.968 bits per heavy atom. The molecule has 0 unspecified atom stereocenters. The van der Waals surface area contributed by atoms with Crippen LogP contribution in [0.3, 0.4) is 0 Å². The van der Waals surface area contributed by atoms with Crippen molar-refractivity contribution in [3.05, 3.63) is 100 Å². The van der Waals surface area contributed by atoms with Crippen LogP contribution in [0.5, 0.6) is 17.2 Å². The number of halogens is 1. The summed E-state index contributed by atoms with van der Waals surface area (Å²) in [6.07, 6.45) is 2.80. The number of rotatable bonds is 8. The van der Waals surface area contributed by atoms with Crippen molar-refractivity contribution in [2.24, 2.45) is 4.99 Å². The third-order valence-corrected chi connectivity index (χ3v) is 5.07. The van der Waals surface area contributed by atoms with Gasteiger partial charge in [-0.15, -0.1) is 0 Å². The van der Waals surface area contributed by atoms with Gasteiger partial charge in [-0.3, -0.25) is 4.99 Å². The minimum Gasteiger partial charge on any atom is -0.507 e. The maximum atomic E-state index is 10.6. The highest BCUT2D eigenvalue weighted by Crippen LogP contribution is 2.28. The van der Waals surface area contributed by atoms with E-state index < -0.39 is 0 Å². The first-order valence-electron chi connectivity index (χ1n) is 10.1. The van der Waals surface area contributed by atoms with Crippen molar-refractivity contribution in [3.8, 4) is 17.2 Å². The van der Waals surface area contributed by atoms with Gasteiger partial charge in [0.2, 0.25) is 0 Å². The van der Waals surface area contributed by atoms with Crippen LogP contribution >= 0.6 is 11.6 Å². The van der Waals surface area contributed by atoms with Gasteiger partial charge >= 0.3 is 0 Å². The van der Waals surface area contributed by atoms with E-state index in [9.17, 15) is 5.11 Å². The van der Waals surface area contributed by atoms with Crippen LogP contribution in [0.1, 0.15) is 30.5 Å². The molecule has 5 heteroatoms. The molecule has 0 spiro atoms. The average molecular weight is 436 g/mol. The molecular formula is C26H26ClNO3. The molecule has 0 aromatic heterocycles. The number of phenols is 1. The fourth-order valence-corrected chi connectivity index (χ4v) is 3.20. The first-order valence-corrected chi connectivity index (χ1v) is 10.5. The summed E-state index contributed by atoms with van der Waals surface area (Å²) in [5, 5.41) is 11.3. The fraction of sp³-hybridized carbons (Fsp3) is 0.192. The summed E-state index contributed by atoms with van der Waals surface area (Å²) in [6, 6.07) is 20.6. The topological polar surface area (TPSA) is 51.0 Å². The number of hydrogen-bond donors (Lipinski definition) is 1. The SMILES string of the molecule is C/C=C(/Oc1ccc(CC)cc1)C(=NC)c1ccc(OCc2ccc(Cl)cc2)cc1O. The molecule has 0 saturated carbocycles. The number of aryl methyl sites for hydroxylation is 1. The van der Waals surface area contributed by atoms with Crippen LogP contribution in [-0.4, -0.2) is 17.9 Å². The Balaban J connectivity index is 1.74. The molecule has 0 fully saturated rings. The molecule has 0 aliphatic rings. The summed E-state index contributed by atoms with van der Waals surface area (Å²) >= 11 is 5.91. The van der Waals surface area contributed by atoms with Crippen molar-refractivity contribution in [2.75, 3.05) is 7.05 Å². The first-order chi connectivity index (χ1) is 15.0. The molecule has 160 valence electrons. The van der Waals surface area contributed by atoms with E-state index in [0.717, 1.165) is 12.0 Å². The van der Waals surface area contributed by atoms with Gasteiger partial charge in [0, 0.05) is 23.7 Å². The van der Waals surface area contributed by atoms with Gasteiger partial charge in [-0.25, -0.2) is 0 Å². The van der Waals surface area contributed by atoms with E-state index >= 15 is 0 Å². The molecule has 0 bridgehead atoms. The average Bonchev–Trinajstić information content (AvgIpc) is 2.80. The second kappa shape index (κ2) is 10.7. The zero-order valence-corrected chi connectivity index (χ0v) is 18.7. The second-order valence-electron chi connectivity index (χ2n) is 6.92. The third-order valence-electron chi connectivity index (χ3n) is 4.82. The Morgan fingerprint density at radius 2 is 1.61 bits per heavy atom. The number of hydrogen-bond acceptors (Lipinski definition) is 4. The van der Waals surface area contributed by atoms with Gasteiger partial charge < -0.3 is 14.6 Å². The van der Waals surface area contributed by atoms with Crippen LogP contribution < -0.4 is 9.47 Å². The Morgan fingerprint density at radius 3 is 2.19 bits per heavy atom. The second-order valence-corrected chi connectivity index (χ2v) is 7.36. The maximum Gasteiger partial charge on any atom is 0.149 e. The molecule has 0 aliphatic carbocycles. The lowest BCUT2D eigenvalue weighted by molar-refractivity contribution is 0.304. The summed E-state index contributed by atoms with van der Waals surface area (Å²) in [5.74, 6) is 1.91. The highest BCUT2D eigenvalue weighted by Gasteiger charge is 2.16. The molecule has 4 nitrogen and oxygen atoms in total. The Labute approximate surface area is 188 Å². The molecular weight excluding hydrogens is 410 g/mol. The van der Waals surface area contributed by atoms with E-state index in [1.165, 1.54) is 5.56 Å². The van der Waals surface area contributed by atoms with E-state index in [-0.39, 0.29) is 5.75 Å². The molecule has 0 amide bonds. The van der Waals surface area contributed by atoms with Gasteiger partial charge in [-0.1, -0.05) is 42.8 Å². The van der Waals surface area contributed by atoms with Gasteiger partial charge in [0.05, 0.1) is 0 Å². The van der Waals surface area contributed by atoms with E-state index in [0.29, 0.717) is 40.2 Å². The Hall–Kier alpha value is -3.24. The van der Waals surface area contributed by atoms with Crippen LogP contribution in [0.2, 0.25) is 5.02 Å². The third kappa shape index (κ3) is 5.89. The van der Waals surface area contributed by atoms with Crippen molar-refractivity contribution in [3.63, 3.8) is 0 Å². The van der Waals surface area contributed by atoms with Gasteiger partial charge in [0.25, 0.3) is 0 Å². The monoisotopic (exact) mass is 435 g/mol. The van der Waals surface area contributed by atoms with E-state index in [1.54, 1.807) is 25.2 Å². The van der Waals surface area contributed by atoms with Crippen molar-refractivity contribution in [1.82, 2.24) is 0 Å². The summed E-state index contributed by atoms with van der Waals surface area (Å²) in [6.45, 7) is 4.37. The standard InChI is InChI=1S/C26H26ClNO3/c1-4-18-8-12-21(13-9-18)31-25(5-2)26(28-3)23-15-14-22(16-24(23)29)30-17-19-6-10-20(27)11-7-19/h5-16,29H,4,17H2,1-3H3/b25-5+,28-26?. The first kappa shape index (κ1) is 22.4. The molecule has 3 aromatic rings. The molecule has 0 atom stereocenters. The van der Waals surface area contributed by atoms with E-state index in [4.69, 9.17) is 21.1 Å². The van der Waals surface area contributed by atoms with Gasteiger partial charge in [-0.2, -0.15) is 0 Å². The minimum atomic E-state index is 0.0680. The van der Waals surface area contributed by atoms with Crippen LogP contribution in [-0.2, 0) is 13.0 Å². The molecule has 0 saturated heterocycles. The lowest BCUT2D eigenvalue weighted by Crippen LogP contribution is -2.11. The van der Waals surface area contributed by atoms with Crippen molar-refractivity contribution >= 4 is 17.3 Å². The number of phenolic OH excluding ortho intramolecular Hbond substituents is 1. The molecule has 31 heavy (non-hydrogen) atoms. The van der Waals surface area contributed by atoms with E-state index in [1.807, 2.05) is 61.5 Å². The molecule has 3 aromatic carbocycles. The normalized spacial score (nSPS) is 12.0. The quantitative estimate of drug-likeness (QED) is 0.321. The number of aliphatic imine (C=N–C) groups is 1. The van der Waals surface area contributed by atoms with Crippen molar-refractivity contribution < 1.29 is 14.6 Å². The van der Waals surface area contributed by atoms with Gasteiger partial charge in [-0.05, 0) is 66.9 Å². The largest absolute Gasteiger partial charge is 0.507 e. The zero-order valence-electron chi connectivity index (χ0n) is 17.9. The molecule has 0 heterocycles. The summed E-state index contributed by atoms with van der Waals surface area (Å²) in [5.41, 5.74) is 3.36. The molecule has 0 radical (unpaired) electrons. The van der Waals surface area contributed by atoms with Gasteiger partial charge in [0.15, 0.2) is 0 Å². The predicted octanol–water partition coefficient (Wildman–Crippen LogP) is 6.59. The van der Waals surface area contributed by atoms with Crippen LogP contribution in [0.15, 0.2) is 83.6 Å². The number of nitrogens with zero attached hydrogens (tertiary/aromatic N) is 1. The lowest BCUT2D eigenvalue weighted by atomic mass is 10.1. The maximum absolute atomic E-state index is 10.6. The fourth-order valence-electron chi connectivity index (χ4n) is 3.08. The molecule has 0 aliphatic heterocycles. The van der Waals surface area contributed by atoms with Gasteiger partial charge in [0.1, 0.15) is 35.3 Å². The highest BCUT2D eigenvalue weighted by atomic mass is 35.5. The Kier molecular flexibility index (Phi) is 7.74. The van der Waals surface area contributed by atoms with E-state index in [2.05, 4.69) is 11.9 Å². The van der Waals surface area contributed by atoms with Crippen LogP contribution in [0, 0.1) is 0 Å². The highest BCUT2D eigenvalue weighted by molar-refractivity contribution is 6.30. The summed E-state index contributed by atoms with van der Waals surface area (Å²) in [7, 11) is 1.67. The van der Waals surface area contributed by atoms with Crippen molar-refractivity contribution in [1.29, 1.82) is 0 Å². The molecule has 1 N–H and O–H groups in total. The Bertz CT molecular complexity index is 1070. The van der Waals surface area contributed by atoms with Crippen LogP contribution in [0.25, 0.3) is 0 Å². The number of aromatic hydroxyl groups is 1. The minimum absolute atomic E-state index is 0.0680. The summed E-state index contributed by atoms with van der Waals surface area (Å²) < 4.78 is 11.8. The lowest BCUT2D eigenvalue weighted by Gasteiger charge is -2.15. The number of ether oxygens (including phenoxy) is 2. The predicted molar refractivity (Wildman–Crippen MR) is 127 cm³/mol. The molecule has 3 rings (SSSR count). The summed E-state index contributed by atoms with van der Waals surface area (Å²) in [4.78, 5) is 4.36. The smallest absolute Gasteiger partial charge is 0.149 e. The number of allylic oxidation sites excluding steroid dienone is 2. The van der Waals surface area contributed by atoms with Crippen LogP contribution in [0.4, 0.5) is 0 Å².